The van der Waals surface area contributed by atoms with Crippen molar-refractivity contribution in [2.24, 2.45) is 0 Å². The van der Waals surface area contributed by atoms with Gasteiger partial charge in [-0.3, -0.25) is 14.4 Å². The van der Waals surface area contributed by atoms with Crippen molar-refractivity contribution in [2.75, 3.05) is 13.2 Å². The number of esters is 3. The summed E-state index contributed by atoms with van der Waals surface area (Å²) in [7, 11) is 0. The zero-order chi connectivity index (χ0) is 45.1. The molecule has 1 atom stereocenters. The van der Waals surface area contributed by atoms with Crippen molar-refractivity contribution in [1.82, 2.24) is 0 Å². The molecule has 0 aliphatic heterocycles. The van der Waals surface area contributed by atoms with Crippen LogP contribution >= 0.6 is 0 Å². The summed E-state index contributed by atoms with van der Waals surface area (Å²) in [6, 6.07) is 0. The first-order chi connectivity index (χ1) is 30.5. The highest BCUT2D eigenvalue weighted by molar-refractivity contribution is 5.71. The molecule has 0 fully saturated rings. The van der Waals surface area contributed by atoms with Crippen LogP contribution in [-0.4, -0.2) is 37.2 Å². The fourth-order valence-electron chi connectivity index (χ4n) is 7.24. The highest BCUT2D eigenvalue weighted by Crippen LogP contribution is 2.14. The predicted molar refractivity (Wildman–Crippen MR) is 265 cm³/mol. The molecule has 0 radical (unpaired) electrons. The molecule has 0 aliphatic rings. The standard InChI is InChI=1S/C56H98O6/c1-4-7-10-13-16-19-22-24-26-27-28-29-30-32-34-37-40-43-46-49-55(58)61-52-53(51-60-54(57)48-45-42-39-36-33-21-18-15-12-9-6-3)62-56(59)50-47-44-41-38-35-31-25-23-20-17-14-11-8-5-2/h16,19,23-26,28-29,32,34,53H,4-15,17-18,20-22,27,30-31,33,35-52H2,1-3H3/b19-16-,25-23-,26-24-,29-28-,34-32-/t53-/m1/s1. The minimum absolute atomic E-state index is 0.0861. The third-order valence-electron chi connectivity index (χ3n) is 11.2. The van der Waals surface area contributed by atoms with Crippen LogP contribution < -0.4 is 0 Å². The van der Waals surface area contributed by atoms with Gasteiger partial charge in [0.25, 0.3) is 0 Å². The molecule has 0 amide bonds. The fraction of sp³-hybridized carbons (Fsp3) is 0.768. The number of rotatable bonds is 47. The van der Waals surface area contributed by atoms with E-state index in [1.807, 2.05) is 0 Å². The van der Waals surface area contributed by atoms with Crippen LogP contribution in [0.5, 0.6) is 0 Å². The number of hydrogen-bond donors (Lipinski definition) is 0. The molecule has 0 saturated carbocycles. The summed E-state index contributed by atoms with van der Waals surface area (Å²) < 4.78 is 16.8. The van der Waals surface area contributed by atoms with Gasteiger partial charge in [0.1, 0.15) is 13.2 Å². The maximum Gasteiger partial charge on any atom is 0.306 e. The largest absolute Gasteiger partial charge is 0.462 e. The van der Waals surface area contributed by atoms with Crippen LogP contribution in [-0.2, 0) is 28.6 Å². The average molecular weight is 867 g/mol. The quantitative estimate of drug-likeness (QED) is 0.0262. The van der Waals surface area contributed by atoms with Gasteiger partial charge in [0.05, 0.1) is 0 Å². The molecule has 0 rings (SSSR count). The van der Waals surface area contributed by atoms with Gasteiger partial charge in [0, 0.05) is 19.3 Å². The molecular formula is C56H98O6. The summed E-state index contributed by atoms with van der Waals surface area (Å²) >= 11 is 0. The topological polar surface area (TPSA) is 78.9 Å². The highest BCUT2D eigenvalue weighted by atomic mass is 16.6. The lowest BCUT2D eigenvalue weighted by molar-refractivity contribution is -0.167. The second-order valence-corrected chi connectivity index (χ2v) is 17.4. The van der Waals surface area contributed by atoms with E-state index in [2.05, 4.69) is 81.5 Å². The molecule has 0 aromatic heterocycles. The van der Waals surface area contributed by atoms with E-state index >= 15 is 0 Å². The molecule has 0 N–H and O–H groups in total. The summed E-state index contributed by atoms with van der Waals surface area (Å²) in [4.78, 5) is 37.9. The Labute approximate surface area is 383 Å². The van der Waals surface area contributed by atoms with Gasteiger partial charge in [-0.1, -0.05) is 210 Å². The first-order valence-electron chi connectivity index (χ1n) is 26.3. The molecule has 0 saturated heterocycles. The summed E-state index contributed by atoms with van der Waals surface area (Å²) in [5.41, 5.74) is 0. The van der Waals surface area contributed by atoms with Crippen molar-refractivity contribution in [2.45, 2.75) is 264 Å². The van der Waals surface area contributed by atoms with Crippen molar-refractivity contribution in [3.05, 3.63) is 60.8 Å². The van der Waals surface area contributed by atoms with Crippen LogP contribution in [0.4, 0.5) is 0 Å². The van der Waals surface area contributed by atoms with Crippen molar-refractivity contribution in [3.8, 4) is 0 Å². The SMILES string of the molecule is CCCCC/C=C\C/C=C\C/C=C\C/C=C\CCCCCC(=O)OC[C@@H](COC(=O)CCCCCCCCCCCCC)OC(=O)CCCCCCC/C=C\CCCCCCC. The van der Waals surface area contributed by atoms with E-state index in [0.717, 1.165) is 96.3 Å². The van der Waals surface area contributed by atoms with Gasteiger partial charge in [-0.15, -0.1) is 0 Å². The Kier molecular flexibility index (Phi) is 48.4. The molecule has 0 bridgehead atoms. The van der Waals surface area contributed by atoms with E-state index in [9.17, 15) is 14.4 Å². The Balaban J connectivity index is 4.42. The molecule has 0 spiro atoms. The van der Waals surface area contributed by atoms with Gasteiger partial charge in [-0.05, 0) is 89.9 Å². The molecule has 0 aromatic rings. The summed E-state index contributed by atoms with van der Waals surface area (Å²) in [5, 5.41) is 0. The molecule has 6 heteroatoms. The van der Waals surface area contributed by atoms with E-state index in [0.29, 0.717) is 19.3 Å². The third-order valence-corrected chi connectivity index (χ3v) is 11.2. The minimum Gasteiger partial charge on any atom is -0.462 e. The molecule has 0 aliphatic carbocycles. The average Bonchev–Trinajstić information content (AvgIpc) is 3.27. The Morgan fingerprint density at radius 3 is 0.968 bits per heavy atom. The van der Waals surface area contributed by atoms with Gasteiger partial charge in [-0.25, -0.2) is 0 Å². The van der Waals surface area contributed by atoms with Crippen LogP contribution in [0.25, 0.3) is 0 Å². The van der Waals surface area contributed by atoms with Gasteiger partial charge in [0.15, 0.2) is 6.10 Å². The molecule has 0 unspecified atom stereocenters. The van der Waals surface area contributed by atoms with Crippen LogP contribution in [0.1, 0.15) is 258 Å². The Morgan fingerprint density at radius 2 is 0.581 bits per heavy atom. The van der Waals surface area contributed by atoms with Crippen LogP contribution in [0.2, 0.25) is 0 Å². The maximum atomic E-state index is 12.8. The first kappa shape index (κ1) is 59.1. The highest BCUT2D eigenvalue weighted by Gasteiger charge is 2.19. The number of hydrogen-bond acceptors (Lipinski definition) is 6. The zero-order valence-electron chi connectivity index (χ0n) is 40.9. The summed E-state index contributed by atoms with van der Waals surface area (Å²) in [6.45, 7) is 6.57. The minimum atomic E-state index is -0.788. The van der Waals surface area contributed by atoms with Crippen molar-refractivity contribution in [3.63, 3.8) is 0 Å². The third kappa shape index (κ3) is 48.1. The lowest BCUT2D eigenvalue weighted by Crippen LogP contribution is -2.30. The molecule has 0 heterocycles. The smallest absolute Gasteiger partial charge is 0.306 e. The van der Waals surface area contributed by atoms with Crippen LogP contribution in [0, 0.1) is 0 Å². The molecule has 358 valence electrons. The number of allylic oxidation sites excluding steroid dienone is 10. The van der Waals surface area contributed by atoms with E-state index in [-0.39, 0.29) is 31.1 Å². The van der Waals surface area contributed by atoms with Gasteiger partial charge >= 0.3 is 17.9 Å². The second-order valence-electron chi connectivity index (χ2n) is 17.4. The van der Waals surface area contributed by atoms with Crippen molar-refractivity contribution >= 4 is 17.9 Å². The van der Waals surface area contributed by atoms with Crippen molar-refractivity contribution in [1.29, 1.82) is 0 Å². The number of unbranched alkanes of at least 4 members (excludes halogenated alkanes) is 26. The Hall–Kier alpha value is -2.89. The Bertz CT molecular complexity index is 1130. The monoisotopic (exact) mass is 867 g/mol. The first-order valence-corrected chi connectivity index (χ1v) is 26.3. The zero-order valence-corrected chi connectivity index (χ0v) is 40.9. The molecular weight excluding hydrogens is 769 g/mol. The van der Waals surface area contributed by atoms with Gasteiger partial charge in [0.2, 0.25) is 0 Å². The lowest BCUT2D eigenvalue weighted by atomic mass is 10.1. The van der Waals surface area contributed by atoms with E-state index in [1.54, 1.807) is 0 Å². The van der Waals surface area contributed by atoms with Crippen LogP contribution in [0.3, 0.4) is 0 Å². The normalized spacial score (nSPS) is 12.5. The van der Waals surface area contributed by atoms with E-state index in [4.69, 9.17) is 14.2 Å². The Morgan fingerprint density at radius 1 is 0.323 bits per heavy atom. The maximum absolute atomic E-state index is 12.8. The predicted octanol–water partition coefficient (Wildman–Crippen LogP) is 17.3. The molecule has 62 heavy (non-hydrogen) atoms. The molecule has 6 nitrogen and oxygen atoms in total. The van der Waals surface area contributed by atoms with Crippen molar-refractivity contribution < 1.29 is 28.6 Å². The number of ether oxygens (including phenoxy) is 3. The van der Waals surface area contributed by atoms with E-state index < -0.39 is 6.10 Å². The number of carbonyl (C=O) groups excluding carboxylic acids is 3. The fourth-order valence-corrected chi connectivity index (χ4v) is 7.24. The second kappa shape index (κ2) is 50.8. The van der Waals surface area contributed by atoms with Gasteiger partial charge in [-0.2, -0.15) is 0 Å². The van der Waals surface area contributed by atoms with E-state index in [1.165, 1.54) is 122 Å². The van der Waals surface area contributed by atoms with Crippen LogP contribution in [0.15, 0.2) is 60.8 Å². The summed E-state index contributed by atoms with van der Waals surface area (Å²) in [6.07, 6.45) is 62.0. The lowest BCUT2D eigenvalue weighted by Gasteiger charge is -2.18. The molecule has 0 aromatic carbocycles. The summed E-state index contributed by atoms with van der Waals surface area (Å²) in [5.74, 6) is -0.923. The number of carbonyl (C=O) groups is 3. The van der Waals surface area contributed by atoms with Gasteiger partial charge < -0.3 is 14.2 Å².